The summed E-state index contributed by atoms with van der Waals surface area (Å²) in [5, 5.41) is 6.78. The summed E-state index contributed by atoms with van der Waals surface area (Å²) >= 11 is 5.61. The van der Waals surface area contributed by atoms with Crippen LogP contribution >= 0.6 is 11.6 Å². The molecule has 0 saturated carbocycles. The third kappa shape index (κ3) is 21.0. The highest BCUT2D eigenvalue weighted by molar-refractivity contribution is 6.30. The number of methoxy groups -OCH3 is 2. The van der Waals surface area contributed by atoms with Crippen LogP contribution in [0.3, 0.4) is 0 Å². The highest BCUT2D eigenvalue weighted by Gasteiger charge is 2.50. The van der Waals surface area contributed by atoms with Crippen molar-refractivity contribution < 1.29 is 52.5 Å². The van der Waals surface area contributed by atoms with Crippen molar-refractivity contribution in [2.24, 2.45) is 16.2 Å². The average molecular weight is 1300 g/mol. The molecule has 6 aliphatic rings. The fraction of sp³-hybridized carbons (Fsp3) is 0.507. The number of para-hydroxylation sites is 4. The second-order valence-electron chi connectivity index (χ2n) is 27.7. The number of hydrogen-bond acceptors (Lipinski definition) is 19. The van der Waals surface area contributed by atoms with Gasteiger partial charge in [0.05, 0.1) is 53.7 Å². The fourth-order valence-electron chi connectivity index (χ4n) is 11.5. The standard InChI is InChI=1S/C24H31N5O3.C19H27N3O4.C12H22N2O2.C8H7ClO2.C6H8N2/c1-23(2,3)32-22(31)29-15-24(16-29)10-12-28(13-11-24)20-9-8-17(14-26-20)21(30)27-19-7-5-4-6-18(19)25;1-18(2,3)26-17(24)22-12-19(13-22)7-9-21(10-8-19)15-6-5-14(11-20-15)16(23)25-4;1-11(2,3)16-10(15)14-8-12(9-14)4-6-13-7-5-12;1-11-8(10)6-2-4-7(9)5-3-6;7-5-3-1-2-4-6(5)8/h4-9,14H,10-13,15-16,25H2,1-3H3,(H,27,30);5-6,11H,7-10,12-13H2,1-4H3;13H,4-9H2,1-3H3;2-5H,1H3;1-4H,7-8H2. The number of aromatic nitrogens is 2. The van der Waals surface area contributed by atoms with E-state index in [9.17, 15) is 28.8 Å². The first-order valence-electron chi connectivity index (χ1n) is 31.5. The number of piperidine rings is 3. The van der Waals surface area contributed by atoms with Crippen LogP contribution in [0.2, 0.25) is 5.02 Å². The molecule has 3 spiro atoms. The Morgan fingerprint density at radius 2 is 0.817 bits per heavy atom. The van der Waals surface area contributed by atoms with Gasteiger partial charge in [0.15, 0.2) is 0 Å². The van der Waals surface area contributed by atoms with E-state index in [1.54, 1.807) is 82.9 Å². The summed E-state index contributed by atoms with van der Waals surface area (Å²) in [5.41, 5.74) is 20.0. The van der Waals surface area contributed by atoms with Gasteiger partial charge in [-0.15, -0.1) is 0 Å². The van der Waals surface area contributed by atoms with Gasteiger partial charge in [0.25, 0.3) is 5.91 Å². The number of nitrogens with zero attached hydrogens (tertiary/aromatic N) is 7. The molecule has 3 aromatic carbocycles. The van der Waals surface area contributed by atoms with E-state index in [0.29, 0.717) is 49.9 Å². The molecule has 504 valence electrons. The summed E-state index contributed by atoms with van der Waals surface area (Å²) in [5.74, 6) is 0.769. The van der Waals surface area contributed by atoms with Crippen molar-refractivity contribution >= 4 is 82.1 Å². The quantitative estimate of drug-likeness (QED) is 0.0600. The second-order valence-corrected chi connectivity index (χ2v) is 28.1. The second kappa shape index (κ2) is 30.9. The van der Waals surface area contributed by atoms with Gasteiger partial charge < -0.3 is 76.0 Å². The Kier molecular flexibility index (Phi) is 23.9. The first-order valence-corrected chi connectivity index (χ1v) is 31.9. The molecular weight excluding hydrogens is 1210 g/mol. The van der Waals surface area contributed by atoms with E-state index in [-0.39, 0.29) is 52.6 Å². The lowest BCUT2D eigenvalue weighted by molar-refractivity contribution is -0.0458. The normalized spacial score (nSPS) is 17.4. The Balaban J connectivity index is 0.000000178. The maximum Gasteiger partial charge on any atom is 0.410 e. The molecular formula is C69H95ClN12O11. The minimum Gasteiger partial charge on any atom is -0.465 e. The summed E-state index contributed by atoms with van der Waals surface area (Å²) < 4.78 is 25.4. The zero-order valence-electron chi connectivity index (χ0n) is 55.9. The molecule has 0 aliphatic carbocycles. The zero-order chi connectivity index (χ0) is 67.9. The average Bonchev–Trinajstić information content (AvgIpc) is 0.779. The molecule has 0 atom stereocenters. The van der Waals surface area contributed by atoms with Crippen LogP contribution in [0, 0.1) is 16.2 Å². The van der Waals surface area contributed by atoms with Gasteiger partial charge in [-0.1, -0.05) is 35.9 Å². The molecule has 8 N–H and O–H groups in total. The first kappa shape index (κ1) is 71.9. The van der Waals surface area contributed by atoms with Gasteiger partial charge in [0.1, 0.15) is 28.4 Å². The number of amides is 4. The molecule has 0 unspecified atom stereocenters. The van der Waals surface area contributed by atoms with Crippen molar-refractivity contribution in [2.75, 3.05) is 125 Å². The number of carbonyl (C=O) groups is 6. The largest absolute Gasteiger partial charge is 0.465 e. The highest BCUT2D eigenvalue weighted by Crippen LogP contribution is 2.44. The van der Waals surface area contributed by atoms with Crippen LogP contribution in [-0.2, 0) is 23.7 Å². The fourth-order valence-corrected chi connectivity index (χ4v) is 11.6. The lowest BCUT2D eigenvalue weighted by atomic mass is 9.72. The smallest absolute Gasteiger partial charge is 0.410 e. The number of esters is 2. The number of hydrogen-bond donors (Lipinski definition) is 5. The molecule has 23 nitrogen and oxygen atoms in total. The van der Waals surface area contributed by atoms with Gasteiger partial charge in [-0.05, 0) is 187 Å². The van der Waals surface area contributed by atoms with Gasteiger partial charge >= 0.3 is 30.2 Å². The van der Waals surface area contributed by atoms with E-state index in [0.717, 1.165) is 116 Å². The summed E-state index contributed by atoms with van der Waals surface area (Å²) in [4.78, 5) is 89.7. The Morgan fingerprint density at radius 3 is 1.16 bits per heavy atom. The highest BCUT2D eigenvalue weighted by atomic mass is 35.5. The molecule has 5 aromatic rings. The minimum absolute atomic E-state index is 0.156. The number of halogens is 1. The summed E-state index contributed by atoms with van der Waals surface area (Å²) in [6, 6.07) is 28.2. The lowest BCUT2D eigenvalue weighted by Gasteiger charge is -2.53. The predicted octanol–water partition coefficient (Wildman–Crippen LogP) is 11.0. The molecule has 8 heterocycles. The van der Waals surface area contributed by atoms with Crippen LogP contribution < -0.4 is 37.6 Å². The van der Waals surface area contributed by atoms with Crippen molar-refractivity contribution in [2.45, 2.75) is 118 Å². The number of carbonyl (C=O) groups excluding carboxylic acids is 6. The Morgan fingerprint density at radius 1 is 0.473 bits per heavy atom. The van der Waals surface area contributed by atoms with E-state index >= 15 is 0 Å². The van der Waals surface area contributed by atoms with Crippen LogP contribution in [0.25, 0.3) is 0 Å². The molecule has 4 amide bonds. The van der Waals surface area contributed by atoms with Crippen molar-refractivity contribution in [1.82, 2.24) is 30.0 Å². The van der Waals surface area contributed by atoms with Gasteiger partial charge in [0, 0.05) is 99.1 Å². The zero-order valence-corrected chi connectivity index (χ0v) is 56.6. The number of anilines is 6. The molecule has 0 radical (unpaired) electrons. The van der Waals surface area contributed by atoms with Crippen molar-refractivity contribution in [1.29, 1.82) is 0 Å². The lowest BCUT2D eigenvalue weighted by Crippen LogP contribution is -2.62. The maximum atomic E-state index is 12.5. The Labute approximate surface area is 552 Å². The molecule has 24 heteroatoms. The summed E-state index contributed by atoms with van der Waals surface area (Å²) in [6.07, 6.45) is 8.98. The molecule has 11 rings (SSSR count). The number of nitrogens with one attached hydrogen (secondary N) is 2. The molecule has 2 aromatic heterocycles. The van der Waals surface area contributed by atoms with Crippen LogP contribution in [0.1, 0.15) is 132 Å². The van der Waals surface area contributed by atoms with Crippen LogP contribution in [0.4, 0.5) is 48.8 Å². The third-order valence-electron chi connectivity index (χ3n) is 16.7. The number of nitrogen functional groups attached to an aromatic ring is 3. The number of likely N-dealkylation sites (tertiary alicyclic amines) is 3. The van der Waals surface area contributed by atoms with E-state index in [1.165, 1.54) is 27.1 Å². The molecule has 6 aliphatic heterocycles. The van der Waals surface area contributed by atoms with Gasteiger partial charge in [-0.3, -0.25) is 4.79 Å². The van der Waals surface area contributed by atoms with Crippen molar-refractivity contribution in [3.05, 3.63) is 131 Å². The minimum atomic E-state index is -0.467. The number of benzene rings is 3. The number of ether oxygens (including phenoxy) is 5. The monoisotopic (exact) mass is 1300 g/mol. The molecule has 93 heavy (non-hydrogen) atoms. The Hall–Kier alpha value is -8.57. The molecule has 0 bridgehead atoms. The molecule has 6 saturated heterocycles. The van der Waals surface area contributed by atoms with Crippen LogP contribution in [0.5, 0.6) is 0 Å². The van der Waals surface area contributed by atoms with E-state index < -0.39 is 11.2 Å². The van der Waals surface area contributed by atoms with Crippen molar-refractivity contribution in [3.8, 4) is 0 Å². The van der Waals surface area contributed by atoms with Crippen LogP contribution in [-0.4, -0.2) is 170 Å². The van der Waals surface area contributed by atoms with E-state index in [2.05, 4.69) is 35.1 Å². The molecule has 6 fully saturated rings. The summed E-state index contributed by atoms with van der Waals surface area (Å²) in [6.45, 7) is 27.6. The maximum absolute atomic E-state index is 12.5. The first-order chi connectivity index (χ1) is 43.8. The van der Waals surface area contributed by atoms with E-state index in [4.69, 9.17) is 47.7 Å². The van der Waals surface area contributed by atoms with E-state index in [1.807, 2.05) is 104 Å². The number of rotatable bonds is 6. The summed E-state index contributed by atoms with van der Waals surface area (Å²) in [7, 11) is 2.70. The van der Waals surface area contributed by atoms with Gasteiger partial charge in [-0.25, -0.2) is 33.9 Å². The van der Waals surface area contributed by atoms with Gasteiger partial charge in [0.2, 0.25) is 0 Å². The topological polar surface area (TPSA) is 293 Å². The van der Waals surface area contributed by atoms with Crippen molar-refractivity contribution in [3.63, 3.8) is 0 Å². The third-order valence-corrected chi connectivity index (χ3v) is 17.0. The van der Waals surface area contributed by atoms with Crippen LogP contribution in [0.15, 0.2) is 109 Å². The number of nitrogens with two attached hydrogens (primary N) is 3. The van der Waals surface area contributed by atoms with Gasteiger partial charge in [-0.2, -0.15) is 0 Å². The number of pyridine rings is 2. The SMILES string of the molecule is CC(C)(C)OC(=O)N1CC2(CCN(c3ccc(C(=O)Nc4ccccc4N)cn3)CC2)C1.CC(C)(C)OC(=O)N1CC2(CCNCC2)C1.COC(=O)c1ccc(Cl)cc1.COC(=O)c1ccc(N2CCC3(CC2)CN(C(=O)OC(C)(C)C)C3)nc1.Nc1ccccc1N. The Bertz CT molecular complexity index is 3290. The predicted molar refractivity (Wildman–Crippen MR) is 362 cm³/mol.